The van der Waals surface area contributed by atoms with E-state index in [9.17, 15) is 4.79 Å². The smallest absolute Gasteiger partial charge is 0.222 e. The predicted octanol–water partition coefficient (Wildman–Crippen LogP) is 3.61. The molecule has 1 fully saturated rings. The van der Waals surface area contributed by atoms with Crippen LogP contribution in [0.15, 0.2) is 30.3 Å². The van der Waals surface area contributed by atoms with Gasteiger partial charge in [0.15, 0.2) is 0 Å². The fourth-order valence-corrected chi connectivity index (χ4v) is 3.31. The van der Waals surface area contributed by atoms with E-state index in [0.29, 0.717) is 11.8 Å². The first-order valence-corrected chi connectivity index (χ1v) is 7.34. The molecule has 2 rings (SSSR count). The summed E-state index contributed by atoms with van der Waals surface area (Å²) in [5.74, 6) is 0.953. The van der Waals surface area contributed by atoms with Gasteiger partial charge >= 0.3 is 0 Å². The zero-order chi connectivity index (χ0) is 13.9. The standard InChI is InChI=1S/C17H25NO/c1-14(2)12-17(3,15-8-5-4-6-9-15)13-18-11-7-10-16(18)19/h4-6,8-9,14H,7,10-13H2,1-3H3. The van der Waals surface area contributed by atoms with Crippen LogP contribution in [0, 0.1) is 5.92 Å². The van der Waals surface area contributed by atoms with Crippen molar-refractivity contribution >= 4 is 5.91 Å². The Labute approximate surface area is 116 Å². The van der Waals surface area contributed by atoms with Gasteiger partial charge in [-0.05, 0) is 24.3 Å². The molecule has 0 spiro atoms. The lowest BCUT2D eigenvalue weighted by Gasteiger charge is -2.36. The second-order valence-corrected chi connectivity index (χ2v) is 6.44. The molecule has 2 heteroatoms. The highest BCUT2D eigenvalue weighted by Gasteiger charge is 2.33. The minimum atomic E-state index is 0.0649. The minimum Gasteiger partial charge on any atom is -0.342 e. The molecule has 1 aliphatic rings. The first-order chi connectivity index (χ1) is 9.01. The van der Waals surface area contributed by atoms with Gasteiger partial charge in [-0.1, -0.05) is 51.1 Å². The van der Waals surface area contributed by atoms with E-state index in [-0.39, 0.29) is 5.41 Å². The summed E-state index contributed by atoms with van der Waals surface area (Å²) >= 11 is 0. The van der Waals surface area contributed by atoms with Crippen LogP contribution in [-0.2, 0) is 10.2 Å². The molecule has 1 saturated heterocycles. The topological polar surface area (TPSA) is 20.3 Å². The van der Waals surface area contributed by atoms with Crippen LogP contribution in [-0.4, -0.2) is 23.9 Å². The summed E-state index contributed by atoms with van der Waals surface area (Å²) in [7, 11) is 0. The van der Waals surface area contributed by atoms with Crippen molar-refractivity contribution in [1.29, 1.82) is 0 Å². The van der Waals surface area contributed by atoms with Crippen molar-refractivity contribution in [3.05, 3.63) is 35.9 Å². The maximum Gasteiger partial charge on any atom is 0.222 e. The van der Waals surface area contributed by atoms with Gasteiger partial charge in [0, 0.05) is 24.9 Å². The Kier molecular flexibility index (Phi) is 4.28. The lowest BCUT2D eigenvalue weighted by atomic mass is 9.75. The Bertz CT molecular complexity index is 426. The fourth-order valence-electron chi connectivity index (χ4n) is 3.31. The van der Waals surface area contributed by atoms with Crippen LogP contribution in [0.3, 0.4) is 0 Å². The molecule has 0 aliphatic carbocycles. The summed E-state index contributed by atoms with van der Waals surface area (Å²) in [5, 5.41) is 0. The van der Waals surface area contributed by atoms with Crippen LogP contribution in [0.4, 0.5) is 0 Å². The van der Waals surface area contributed by atoms with E-state index >= 15 is 0 Å². The van der Waals surface area contributed by atoms with Crippen molar-refractivity contribution in [2.45, 2.75) is 45.4 Å². The van der Waals surface area contributed by atoms with Crippen molar-refractivity contribution in [2.75, 3.05) is 13.1 Å². The highest BCUT2D eigenvalue weighted by Crippen LogP contribution is 2.33. The lowest BCUT2D eigenvalue weighted by Crippen LogP contribution is -2.40. The first-order valence-electron chi connectivity index (χ1n) is 7.34. The molecule has 0 aromatic heterocycles. The van der Waals surface area contributed by atoms with E-state index in [2.05, 4.69) is 56.0 Å². The van der Waals surface area contributed by atoms with E-state index in [1.807, 2.05) is 0 Å². The molecule has 0 saturated carbocycles. The van der Waals surface area contributed by atoms with Crippen molar-refractivity contribution in [1.82, 2.24) is 4.90 Å². The Morgan fingerprint density at radius 1 is 1.26 bits per heavy atom. The van der Waals surface area contributed by atoms with Crippen LogP contribution in [0.2, 0.25) is 0 Å². The van der Waals surface area contributed by atoms with Crippen molar-refractivity contribution in [3.8, 4) is 0 Å². The molecule has 1 unspecified atom stereocenters. The Morgan fingerprint density at radius 2 is 1.95 bits per heavy atom. The van der Waals surface area contributed by atoms with Crippen LogP contribution >= 0.6 is 0 Å². The van der Waals surface area contributed by atoms with Gasteiger partial charge in [-0.3, -0.25) is 4.79 Å². The van der Waals surface area contributed by atoms with Gasteiger partial charge in [0.1, 0.15) is 0 Å². The number of nitrogens with zero attached hydrogens (tertiary/aromatic N) is 1. The first kappa shape index (κ1) is 14.1. The molecule has 1 atom stereocenters. The molecule has 1 amide bonds. The monoisotopic (exact) mass is 259 g/mol. The number of rotatable bonds is 5. The molecule has 19 heavy (non-hydrogen) atoms. The summed E-state index contributed by atoms with van der Waals surface area (Å²) in [6, 6.07) is 10.6. The number of amides is 1. The van der Waals surface area contributed by atoms with Gasteiger partial charge in [-0.15, -0.1) is 0 Å². The van der Waals surface area contributed by atoms with Crippen LogP contribution in [0.1, 0.15) is 45.6 Å². The summed E-state index contributed by atoms with van der Waals surface area (Å²) in [4.78, 5) is 13.9. The fraction of sp³-hybridized carbons (Fsp3) is 0.588. The van der Waals surface area contributed by atoms with Gasteiger partial charge < -0.3 is 4.90 Å². The van der Waals surface area contributed by atoms with Gasteiger partial charge in [0.05, 0.1) is 0 Å². The maximum absolute atomic E-state index is 11.9. The molecule has 2 nitrogen and oxygen atoms in total. The molecule has 0 N–H and O–H groups in total. The van der Waals surface area contributed by atoms with Gasteiger partial charge in [0.25, 0.3) is 0 Å². The number of hydrogen-bond donors (Lipinski definition) is 0. The van der Waals surface area contributed by atoms with Crippen LogP contribution in [0.25, 0.3) is 0 Å². The molecular weight excluding hydrogens is 234 g/mol. The van der Waals surface area contributed by atoms with Gasteiger partial charge in [0.2, 0.25) is 5.91 Å². The summed E-state index contributed by atoms with van der Waals surface area (Å²) < 4.78 is 0. The molecule has 1 aliphatic heterocycles. The third-order valence-corrected chi connectivity index (χ3v) is 4.04. The normalized spacial score (nSPS) is 18.9. The van der Waals surface area contributed by atoms with E-state index < -0.39 is 0 Å². The molecule has 1 aromatic rings. The third kappa shape index (κ3) is 3.37. The molecular formula is C17H25NO. The quantitative estimate of drug-likeness (QED) is 0.791. The lowest BCUT2D eigenvalue weighted by molar-refractivity contribution is -0.128. The average Bonchev–Trinajstić information content (AvgIpc) is 2.75. The summed E-state index contributed by atoms with van der Waals surface area (Å²) in [6.45, 7) is 8.60. The van der Waals surface area contributed by atoms with Crippen LogP contribution in [0.5, 0.6) is 0 Å². The zero-order valence-electron chi connectivity index (χ0n) is 12.4. The highest BCUT2D eigenvalue weighted by molar-refractivity contribution is 5.78. The zero-order valence-corrected chi connectivity index (χ0v) is 12.4. The van der Waals surface area contributed by atoms with E-state index in [0.717, 1.165) is 32.4 Å². The van der Waals surface area contributed by atoms with Crippen molar-refractivity contribution in [2.24, 2.45) is 5.92 Å². The van der Waals surface area contributed by atoms with Crippen LogP contribution < -0.4 is 0 Å². The van der Waals surface area contributed by atoms with Crippen molar-refractivity contribution < 1.29 is 4.79 Å². The maximum atomic E-state index is 11.9. The van der Waals surface area contributed by atoms with Crippen molar-refractivity contribution in [3.63, 3.8) is 0 Å². The largest absolute Gasteiger partial charge is 0.342 e. The van der Waals surface area contributed by atoms with Gasteiger partial charge in [-0.25, -0.2) is 0 Å². The number of hydrogen-bond acceptors (Lipinski definition) is 1. The Hall–Kier alpha value is -1.31. The summed E-state index contributed by atoms with van der Waals surface area (Å²) in [6.07, 6.45) is 2.86. The second kappa shape index (κ2) is 5.77. The summed E-state index contributed by atoms with van der Waals surface area (Å²) in [5.41, 5.74) is 1.42. The molecule has 0 bridgehead atoms. The molecule has 0 radical (unpaired) electrons. The third-order valence-electron chi connectivity index (χ3n) is 4.04. The molecule has 1 aromatic carbocycles. The highest BCUT2D eigenvalue weighted by atomic mass is 16.2. The van der Waals surface area contributed by atoms with Gasteiger partial charge in [-0.2, -0.15) is 0 Å². The SMILES string of the molecule is CC(C)CC(C)(CN1CCCC1=O)c1ccccc1. The Morgan fingerprint density at radius 3 is 2.47 bits per heavy atom. The number of carbonyl (C=O) groups excluding carboxylic acids is 1. The minimum absolute atomic E-state index is 0.0649. The predicted molar refractivity (Wildman–Crippen MR) is 79.1 cm³/mol. The Balaban J connectivity index is 2.21. The number of benzene rings is 1. The molecule has 104 valence electrons. The number of carbonyl (C=O) groups is 1. The average molecular weight is 259 g/mol. The molecule has 1 heterocycles. The van der Waals surface area contributed by atoms with E-state index in [1.165, 1.54) is 5.56 Å². The number of likely N-dealkylation sites (tertiary alicyclic amines) is 1. The second-order valence-electron chi connectivity index (χ2n) is 6.44. The van der Waals surface area contributed by atoms with E-state index in [4.69, 9.17) is 0 Å². The van der Waals surface area contributed by atoms with E-state index in [1.54, 1.807) is 0 Å².